The molecule has 1 unspecified atom stereocenters. The average Bonchev–Trinajstić information content (AvgIpc) is 2.76. The van der Waals surface area contributed by atoms with Crippen LogP contribution in [0.3, 0.4) is 0 Å². The quantitative estimate of drug-likeness (QED) is 0.636. The molecule has 3 N–H and O–H groups in total. The number of methoxy groups -OCH3 is 1. The number of nitrogens with zero attached hydrogens (tertiary/aromatic N) is 3. The van der Waals surface area contributed by atoms with Crippen LogP contribution in [0.4, 0.5) is 0 Å². The molecule has 0 radical (unpaired) electrons. The van der Waals surface area contributed by atoms with Gasteiger partial charge in [0.1, 0.15) is 0 Å². The second kappa shape index (κ2) is 6.01. The number of nitrogens with one attached hydrogen (secondary N) is 1. The number of halogens is 1. The zero-order chi connectivity index (χ0) is 13.8. The summed E-state index contributed by atoms with van der Waals surface area (Å²) in [5.74, 6) is 6.19. The standard InChI is InChI=1S/C12H16ClN5O/c1-18-12(9(13)7-16-18)10(17-14)5-8-3-4-11(19-2)15-6-8/h3-4,6-7,10,17H,5,14H2,1-2H3. The van der Waals surface area contributed by atoms with Gasteiger partial charge in [-0.05, 0) is 12.0 Å². The molecule has 7 heteroatoms. The van der Waals surface area contributed by atoms with Gasteiger partial charge in [-0.25, -0.2) is 4.98 Å². The van der Waals surface area contributed by atoms with Crippen molar-refractivity contribution in [3.63, 3.8) is 0 Å². The van der Waals surface area contributed by atoms with E-state index >= 15 is 0 Å². The van der Waals surface area contributed by atoms with Gasteiger partial charge in [-0.15, -0.1) is 0 Å². The van der Waals surface area contributed by atoms with Crippen LogP contribution in [0.15, 0.2) is 24.5 Å². The van der Waals surface area contributed by atoms with Gasteiger partial charge in [0, 0.05) is 19.3 Å². The van der Waals surface area contributed by atoms with E-state index in [0.717, 1.165) is 11.3 Å². The maximum Gasteiger partial charge on any atom is 0.212 e. The predicted molar refractivity (Wildman–Crippen MR) is 72.8 cm³/mol. The minimum atomic E-state index is -0.129. The van der Waals surface area contributed by atoms with Crippen molar-refractivity contribution >= 4 is 11.6 Å². The van der Waals surface area contributed by atoms with Crippen LogP contribution in [-0.2, 0) is 13.5 Å². The lowest BCUT2D eigenvalue weighted by Gasteiger charge is -2.17. The summed E-state index contributed by atoms with van der Waals surface area (Å²) in [5.41, 5.74) is 4.63. The molecule has 0 saturated heterocycles. The molecule has 6 nitrogen and oxygen atoms in total. The van der Waals surface area contributed by atoms with E-state index in [1.54, 1.807) is 24.2 Å². The molecule has 0 bridgehead atoms. The summed E-state index contributed by atoms with van der Waals surface area (Å²) in [6, 6.07) is 3.63. The first kappa shape index (κ1) is 13.8. The molecule has 2 aromatic heterocycles. The van der Waals surface area contributed by atoms with E-state index in [1.165, 1.54) is 0 Å². The topological polar surface area (TPSA) is 78.0 Å². The normalized spacial score (nSPS) is 12.4. The Hall–Kier alpha value is -1.63. The van der Waals surface area contributed by atoms with Crippen LogP contribution in [-0.4, -0.2) is 21.9 Å². The first-order valence-corrected chi connectivity index (χ1v) is 6.16. The van der Waals surface area contributed by atoms with E-state index in [-0.39, 0.29) is 6.04 Å². The fourth-order valence-corrected chi connectivity index (χ4v) is 2.23. The third-order valence-electron chi connectivity index (χ3n) is 2.92. The number of hydrogen-bond acceptors (Lipinski definition) is 5. The second-order valence-corrected chi connectivity index (χ2v) is 4.54. The fraction of sp³-hybridized carbons (Fsp3) is 0.333. The van der Waals surface area contributed by atoms with Gasteiger partial charge in [0.05, 0.1) is 30.1 Å². The highest BCUT2D eigenvalue weighted by Gasteiger charge is 2.18. The van der Waals surface area contributed by atoms with Gasteiger partial charge in [-0.2, -0.15) is 5.10 Å². The molecule has 0 aliphatic heterocycles. The van der Waals surface area contributed by atoms with E-state index in [4.69, 9.17) is 22.2 Å². The molecular formula is C12H16ClN5O. The van der Waals surface area contributed by atoms with Crippen LogP contribution in [0.5, 0.6) is 5.88 Å². The highest BCUT2D eigenvalue weighted by molar-refractivity contribution is 6.31. The minimum absolute atomic E-state index is 0.129. The molecule has 19 heavy (non-hydrogen) atoms. The van der Waals surface area contributed by atoms with Crippen LogP contribution in [0.2, 0.25) is 5.02 Å². The van der Waals surface area contributed by atoms with E-state index in [2.05, 4.69) is 15.5 Å². The molecule has 0 aliphatic carbocycles. The Morgan fingerprint density at radius 1 is 1.47 bits per heavy atom. The van der Waals surface area contributed by atoms with Gasteiger partial charge in [0.25, 0.3) is 0 Å². The lowest BCUT2D eigenvalue weighted by Crippen LogP contribution is -2.31. The molecule has 0 saturated carbocycles. The van der Waals surface area contributed by atoms with Gasteiger partial charge in [0.2, 0.25) is 5.88 Å². The summed E-state index contributed by atoms with van der Waals surface area (Å²) in [5, 5.41) is 4.70. The minimum Gasteiger partial charge on any atom is -0.481 e. The Bertz CT molecular complexity index is 520. The van der Waals surface area contributed by atoms with Gasteiger partial charge in [-0.3, -0.25) is 16.0 Å². The van der Waals surface area contributed by atoms with E-state index in [1.807, 2.05) is 19.2 Å². The van der Waals surface area contributed by atoms with Gasteiger partial charge < -0.3 is 4.74 Å². The molecule has 2 aromatic rings. The molecule has 2 heterocycles. The lowest BCUT2D eigenvalue weighted by molar-refractivity contribution is 0.397. The van der Waals surface area contributed by atoms with Gasteiger partial charge in [0.15, 0.2) is 0 Å². The Morgan fingerprint density at radius 2 is 2.26 bits per heavy atom. The number of aromatic nitrogens is 3. The molecule has 0 spiro atoms. The van der Waals surface area contributed by atoms with Gasteiger partial charge in [-0.1, -0.05) is 17.7 Å². The smallest absolute Gasteiger partial charge is 0.212 e. The van der Waals surface area contributed by atoms with Crippen molar-refractivity contribution in [2.24, 2.45) is 12.9 Å². The summed E-state index contributed by atoms with van der Waals surface area (Å²) >= 11 is 6.12. The van der Waals surface area contributed by atoms with Crippen molar-refractivity contribution in [1.29, 1.82) is 0 Å². The number of hydrazine groups is 1. The molecule has 0 fully saturated rings. The SMILES string of the molecule is COc1ccc(CC(NN)c2c(Cl)cnn2C)cn1. The zero-order valence-electron chi connectivity index (χ0n) is 10.8. The molecule has 102 valence electrons. The Balaban J connectivity index is 2.19. The number of aryl methyl sites for hydroxylation is 1. The van der Waals surface area contributed by atoms with Gasteiger partial charge >= 0.3 is 0 Å². The third kappa shape index (κ3) is 3.04. The summed E-state index contributed by atoms with van der Waals surface area (Å²) in [6.07, 6.45) is 4.02. The fourth-order valence-electron chi connectivity index (χ4n) is 1.93. The van der Waals surface area contributed by atoms with Crippen molar-refractivity contribution in [2.75, 3.05) is 7.11 Å². The molecule has 0 amide bonds. The summed E-state index contributed by atoms with van der Waals surface area (Å²) in [6.45, 7) is 0. The first-order valence-electron chi connectivity index (χ1n) is 5.78. The van der Waals surface area contributed by atoms with E-state index in [9.17, 15) is 0 Å². The Morgan fingerprint density at radius 3 is 2.74 bits per heavy atom. The van der Waals surface area contributed by atoms with Crippen LogP contribution in [0, 0.1) is 0 Å². The largest absolute Gasteiger partial charge is 0.481 e. The monoisotopic (exact) mass is 281 g/mol. The van der Waals surface area contributed by atoms with Crippen molar-refractivity contribution in [3.8, 4) is 5.88 Å². The predicted octanol–water partition coefficient (Wildman–Crippen LogP) is 1.22. The molecule has 0 aliphatic rings. The highest BCUT2D eigenvalue weighted by Crippen LogP contribution is 2.24. The summed E-state index contributed by atoms with van der Waals surface area (Å²) in [7, 11) is 3.42. The highest BCUT2D eigenvalue weighted by atomic mass is 35.5. The van der Waals surface area contributed by atoms with Crippen LogP contribution < -0.4 is 16.0 Å². The van der Waals surface area contributed by atoms with E-state index < -0.39 is 0 Å². The number of rotatable bonds is 5. The number of nitrogens with two attached hydrogens (primary N) is 1. The zero-order valence-corrected chi connectivity index (χ0v) is 11.6. The molecule has 0 aromatic carbocycles. The first-order chi connectivity index (χ1) is 9.15. The number of ether oxygens (including phenoxy) is 1. The maximum absolute atomic E-state index is 6.12. The second-order valence-electron chi connectivity index (χ2n) is 4.13. The average molecular weight is 282 g/mol. The number of hydrogen-bond donors (Lipinski definition) is 2. The van der Waals surface area contributed by atoms with Crippen molar-refractivity contribution < 1.29 is 4.74 Å². The lowest BCUT2D eigenvalue weighted by atomic mass is 10.1. The van der Waals surface area contributed by atoms with Crippen LogP contribution in [0.1, 0.15) is 17.3 Å². The van der Waals surface area contributed by atoms with Crippen molar-refractivity contribution in [1.82, 2.24) is 20.2 Å². The van der Waals surface area contributed by atoms with Crippen LogP contribution in [0.25, 0.3) is 0 Å². The third-order valence-corrected chi connectivity index (χ3v) is 3.21. The van der Waals surface area contributed by atoms with Crippen LogP contribution >= 0.6 is 11.6 Å². The Kier molecular flexibility index (Phi) is 4.36. The molecular weight excluding hydrogens is 266 g/mol. The molecule has 1 atom stereocenters. The summed E-state index contributed by atoms with van der Waals surface area (Å²) in [4.78, 5) is 4.16. The molecule has 2 rings (SSSR count). The van der Waals surface area contributed by atoms with Crippen molar-refractivity contribution in [3.05, 3.63) is 40.8 Å². The Labute approximate surface area is 116 Å². The number of pyridine rings is 1. The van der Waals surface area contributed by atoms with E-state index in [0.29, 0.717) is 17.3 Å². The van der Waals surface area contributed by atoms with Crippen molar-refractivity contribution in [2.45, 2.75) is 12.5 Å². The maximum atomic E-state index is 6.12. The summed E-state index contributed by atoms with van der Waals surface area (Å²) < 4.78 is 6.74.